The summed E-state index contributed by atoms with van der Waals surface area (Å²) in [6.45, 7) is 0.0955. The lowest BCUT2D eigenvalue weighted by molar-refractivity contribution is -0.102. The highest BCUT2D eigenvalue weighted by Crippen LogP contribution is 2.20. The monoisotopic (exact) mass is 206 g/mol. The van der Waals surface area contributed by atoms with Gasteiger partial charge in [0.2, 0.25) is 0 Å². The van der Waals surface area contributed by atoms with Crippen LogP contribution >= 0.6 is 0 Å². The van der Waals surface area contributed by atoms with E-state index in [1.807, 2.05) is 30.3 Å². The van der Waals surface area contributed by atoms with Crippen molar-refractivity contribution < 1.29 is 14.6 Å². The molecule has 0 aromatic heterocycles. The van der Waals surface area contributed by atoms with Gasteiger partial charge in [-0.15, -0.1) is 6.42 Å². The van der Waals surface area contributed by atoms with E-state index in [0.717, 1.165) is 5.56 Å². The van der Waals surface area contributed by atoms with Crippen molar-refractivity contribution in [2.45, 2.75) is 12.2 Å². The Labute approximate surface area is 89.6 Å². The summed E-state index contributed by atoms with van der Waals surface area (Å²) in [5, 5.41) is 9.58. The first-order valence-electron chi connectivity index (χ1n) is 4.59. The number of aliphatic hydroxyl groups is 1. The minimum atomic E-state index is -0.970. The molecule has 3 heteroatoms. The highest BCUT2D eigenvalue weighted by Gasteiger charge is 2.19. The standard InChI is InChI=1S/C12H14O3/c1-3-11(13)12(15-9-14-2)10-7-5-4-6-8-10/h1,4-8,11-13H,9H2,2H3/t11-,12-/m0/s1. The number of rotatable bonds is 5. The second-order valence-corrected chi connectivity index (χ2v) is 3.02. The van der Waals surface area contributed by atoms with Crippen LogP contribution in [0.1, 0.15) is 11.7 Å². The molecule has 0 radical (unpaired) electrons. The average molecular weight is 206 g/mol. The Morgan fingerprint density at radius 2 is 2.07 bits per heavy atom. The van der Waals surface area contributed by atoms with Crippen molar-refractivity contribution in [2.75, 3.05) is 13.9 Å². The Bertz CT molecular complexity index is 315. The van der Waals surface area contributed by atoms with Gasteiger partial charge in [0, 0.05) is 7.11 Å². The van der Waals surface area contributed by atoms with Crippen molar-refractivity contribution in [1.29, 1.82) is 0 Å². The molecule has 0 unspecified atom stereocenters. The molecule has 0 fully saturated rings. The first kappa shape index (κ1) is 11.7. The Kier molecular flexibility index (Phi) is 4.85. The molecule has 0 heterocycles. The van der Waals surface area contributed by atoms with Gasteiger partial charge in [0.05, 0.1) is 0 Å². The van der Waals surface area contributed by atoms with Gasteiger partial charge in [-0.05, 0) is 5.56 Å². The van der Waals surface area contributed by atoms with E-state index in [0.29, 0.717) is 0 Å². The molecule has 80 valence electrons. The SMILES string of the molecule is C#C[C@H](O)[C@@H](OCOC)c1ccccc1. The largest absolute Gasteiger partial charge is 0.377 e. The predicted octanol–water partition coefficient (Wildman–Crippen LogP) is 1.34. The van der Waals surface area contributed by atoms with Crippen LogP contribution in [0.5, 0.6) is 0 Å². The maximum atomic E-state index is 9.58. The van der Waals surface area contributed by atoms with Crippen molar-refractivity contribution in [3.63, 3.8) is 0 Å². The highest BCUT2D eigenvalue weighted by molar-refractivity contribution is 5.21. The number of hydrogen-bond acceptors (Lipinski definition) is 3. The lowest BCUT2D eigenvalue weighted by Crippen LogP contribution is -2.20. The molecule has 3 nitrogen and oxygen atoms in total. The lowest BCUT2D eigenvalue weighted by atomic mass is 10.1. The maximum Gasteiger partial charge on any atom is 0.147 e. The van der Waals surface area contributed by atoms with Gasteiger partial charge in [0.25, 0.3) is 0 Å². The number of ether oxygens (including phenoxy) is 2. The summed E-state index contributed by atoms with van der Waals surface area (Å²) >= 11 is 0. The van der Waals surface area contributed by atoms with E-state index in [1.54, 1.807) is 0 Å². The van der Waals surface area contributed by atoms with Gasteiger partial charge < -0.3 is 14.6 Å². The minimum Gasteiger partial charge on any atom is -0.377 e. The van der Waals surface area contributed by atoms with Crippen LogP contribution in [0, 0.1) is 12.3 Å². The molecule has 0 saturated carbocycles. The zero-order chi connectivity index (χ0) is 11.1. The van der Waals surface area contributed by atoms with Crippen molar-refractivity contribution in [1.82, 2.24) is 0 Å². The molecule has 1 N–H and O–H groups in total. The number of hydrogen-bond donors (Lipinski definition) is 1. The summed E-state index contributed by atoms with van der Waals surface area (Å²) in [6.07, 6.45) is 3.65. The third-order valence-electron chi connectivity index (χ3n) is 1.95. The van der Waals surface area contributed by atoms with E-state index in [2.05, 4.69) is 5.92 Å². The first-order chi connectivity index (χ1) is 7.29. The fourth-order valence-corrected chi connectivity index (χ4v) is 1.24. The molecule has 1 rings (SSSR count). The fourth-order valence-electron chi connectivity index (χ4n) is 1.24. The lowest BCUT2D eigenvalue weighted by Gasteiger charge is -2.19. The van der Waals surface area contributed by atoms with Gasteiger partial charge >= 0.3 is 0 Å². The molecule has 15 heavy (non-hydrogen) atoms. The van der Waals surface area contributed by atoms with Crippen molar-refractivity contribution >= 4 is 0 Å². The van der Waals surface area contributed by atoms with Gasteiger partial charge in [0.1, 0.15) is 19.0 Å². The predicted molar refractivity (Wildman–Crippen MR) is 57.0 cm³/mol. The molecule has 0 saturated heterocycles. The Morgan fingerprint density at radius 3 is 2.60 bits per heavy atom. The smallest absolute Gasteiger partial charge is 0.147 e. The highest BCUT2D eigenvalue weighted by atomic mass is 16.7. The van der Waals surface area contributed by atoms with E-state index in [-0.39, 0.29) is 6.79 Å². The Hall–Kier alpha value is -1.34. The van der Waals surface area contributed by atoms with Crippen LogP contribution in [0.25, 0.3) is 0 Å². The van der Waals surface area contributed by atoms with Crippen LogP contribution in [0.4, 0.5) is 0 Å². The Balaban J connectivity index is 2.77. The third-order valence-corrected chi connectivity index (χ3v) is 1.95. The second kappa shape index (κ2) is 6.20. The summed E-state index contributed by atoms with van der Waals surface area (Å²) in [6, 6.07) is 9.31. The van der Waals surface area contributed by atoms with Crippen LogP contribution in [-0.2, 0) is 9.47 Å². The molecule has 0 amide bonds. The van der Waals surface area contributed by atoms with E-state index < -0.39 is 12.2 Å². The van der Waals surface area contributed by atoms with Gasteiger partial charge in [0.15, 0.2) is 0 Å². The van der Waals surface area contributed by atoms with Gasteiger partial charge in [-0.25, -0.2) is 0 Å². The zero-order valence-corrected chi connectivity index (χ0v) is 8.59. The molecule has 0 spiro atoms. The normalized spacial score (nSPS) is 14.2. The second-order valence-electron chi connectivity index (χ2n) is 3.02. The van der Waals surface area contributed by atoms with E-state index in [9.17, 15) is 5.11 Å². The van der Waals surface area contributed by atoms with Crippen molar-refractivity contribution in [3.8, 4) is 12.3 Å². The summed E-state index contributed by atoms with van der Waals surface area (Å²) in [5.74, 6) is 2.25. The molecular weight excluding hydrogens is 192 g/mol. The zero-order valence-electron chi connectivity index (χ0n) is 8.59. The summed E-state index contributed by atoms with van der Waals surface area (Å²) in [5.41, 5.74) is 0.833. The third kappa shape index (κ3) is 3.37. The molecule has 0 bridgehead atoms. The topological polar surface area (TPSA) is 38.7 Å². The van der Waals surface area contributed by atoms with Crippen molar-refractivity contribution in [2.24, 2.45) is 0 Å². The van der Waals surface area contributed by atoms with Crippen LogP contribution in [0.15, 0.2) is 30.3 Å². The molecule has 0 aliphatic heterocycles. The van der Waals surface area contributed by atoms with Crippen LogP contribution < -0.4 is 0 Å². The quantitative estimate of drug-likeness (QED) is 0.583. The average Bonchev–Trinajstić information content (AvgIpc) is 2.30. The molecule has 2 atom stereocenters. The van der Waals surface area contributed by atoms with Crippen molar-refractivity contribution in [3.05, 3.63) is 35.9 Å². The number of terminal acetylenes is 1. The number of aliphatic hydroxyl groups excluding tert-OH is 1. The maximum absolute atomic E-state index is 9.58. The molecule has 0 aliphatic carbocycles. The summed E-state index contributed by atoms with van der Waals surface area (Å²) < 4.78 is 10.1. The Morgan fingerprint density at radius 1 is 1.40 bits per heavy atom. The molecule has 0 aliphatic rings. The van der Waals surface area contributed by atoms with E-state index in [4.69, 9.17) is 15.9 Å². The summed E-state index contributed by atoms with van der Waals surface area (Å²) in [7, 11) is 1.52. The number of methoxy groups -OCH3 is 1. The van der Waals surface area contributed by atoms with Crippen LogP contribution in [0.2, 0.25) is 0 Å². The minimum absolute atomic E-state index is 0.0955. The first-order valence-corrected chi connectivity index (χ1v) is 4.59. The molecular formula is C12H14O3. The van der Waals surface area contributed by atoms with Crippen LogP contribution in [-0.4, -0.2) is 25.1 Å². The molecule has 1 aromatic rings. The fraction of sp³-hybridized carbons (Fsp3) is 0.333. The van der Waals surface area contributed by atoms with E-state index >= 15 is 0 Å². The van der Waals surface area contributed by atoms with Gasteiger partial charge in [-0.2, -0.15) is 0 Å². The van der Waals surface area contributed by atoms with Gasteiger partial charge in [-0.1, -0.05) is 36.3 Å². The van der Waals surface area contributed by atoms with E-state index in [1.165, 1.54) is 7.11 Å². The molecule has 1 aromatic carbocycles. The summed E-state index contributed by atoms with van der Waals surface area (Å²) in [4.78, 5) is 0. The van der Waals surface area contributed by atoms with Crippen LogP contribution in [0.3, 0.4) is 0 Å². The van der Waals surface area contributed by atoms with Gasteiger partial charge in [-0.3, -0.25) is 0 Å². The number of benzene rings is 1.